The fourth-order valence-corrected chi connectivity index (χ4v) is 1.83. The molecule has 0 fully saturated rings. The van der Waals surface area contributed by atoms with Crippen molar-refractivity contribution in [3.05, 3.63) is 41.0 Å². The van der Waals surface area contributed by atoms with Crippen LogP contribution in [-0.4, -0.2) is 28.0 Å². The summed E-state index contributed by atoms with van der Waals surface area (Å²) in [4.78, 5) is 0. The lowest BCUT2D eigenvalue weighted by atomic mass is 10.3. The topological polar surface area (TPSA) is 50.1 Å². The summed E-state index contributed by atoms with van der Waals surface area (Å²) in [6, 6.07) is 9.47. The molecule has 1 aromatic carbocycles. The van der Waals surface area contributed by atoms with E-state index in [2.05, 4.69) is 10.4 Å². The van der Waals surface area contributed by atoms with Crippen LogP contribution in [0.5, 0.6) is 0 Å². The highest BCUT2D eigenvalue weighted by atomic mass is 35.5. The number of rotatable bonds is 4. The Hall–Kier alpha value is -1.52. The van der Waals surface area contributed by atoms with Crippen molar-refractivity contribution in [1.82, 2.24) is 9.78 Å². The zero-order chi connectivity index (χ0) is 12.3. The molecule has 0 unspecified atom stereocenters. The maximum Gasteiger partial charge on any atom is 0.148 e. The van der Waals surface area contributed by atoms with Crippen LogP contribution in [0.2, 0.25) is 5.02 Å². The van der Waals surface area contributed by atoms with E-state index in [1.54, 1.807) is 4.68 Å². The van der Waals surface area contributed by atoms with Crippen LogP contribution >= 0.6 is 11.6 Å². The summed E-state index contributed by atoms with van der Waals surface area (Å²) < 4.78 is 1.78. The molecule has 0 radical (unpaired) electrons. The number of aryl methyl sites for hydroxylation is 1. The molecular weight excluding hydrogens is 238 g/mol. The lowest BCUT2D eigenvalue weighted by Gasteiger charge is -2.05. The van der Waals surface area contributed by atoms with Gasteiger partial charge in [-0.1, -0.05) is 23.7 Å². The molecule has 0 saturated carbocycles. The summed E-state index contributed by atoms with van der Waals surface area (Å²) in [5.74, 6) is 0.733. The van der Waals surface area contributed by atoms with Crippen molar-refractivity contribution in [3.63, 3.8) is 0 Å². The summed E-state index contributed by atoms with van der Waals surface area (Å²) >= 11 is 6.12. The summed E-state index contributed by atoms with van der Waals surface area (Å²) in [5.41, 5.74) is 1.84. The second-order valence-electron chi connectivity index (χ2n) is 3.68. The number of aromatic nitrogens is 2. The third-order valence-corrected chi connectivity index (χ3v) is 2.71. The standard InChI is InChI=1S/C12H14ClN3O/c1-9-8-12(14-6-7-17)15-16(9)11-5-3-2-4-10(11)13/h2-5,8,17H,6-7H2,1H3,(H,14,15). The predicted octanol–water partition coefficient (Wildman–Crippen LogP) is 2.24. The van der Waals surface area contributed by atoms with Gasteiger partial charge >= 0.3 is 0 Å². The molecule has 0 bridgehead atoms. The first-order valence-corrected chi connectivity index (χ1v) is 5.76. The van der Waals surface area contributed by atoms with Crippen LogP contribution in [0.4, 0.5) is 5.82 Å². The average Bonchev–Trinajstić information content (AvgIpc) is 2.68. The van der Waals surface area contributed by atoms with Gasteiger partial charge in [-0.25, -0.2) is 4.68 Å². The van der Waals surface area contributed by atoms with E-state index < -0.39 is 0 Å². The van der Waals surface area contributed by atoms with Gasteiger partial charge in [0.2, 0.25) is 0 Å². The van der Waals surface area contributed by atoms with E-state index in [1.165, 1.54) is 0 Å². The van der Waals surface area contributed by atoms with Gasteiger partial charge in [0.05, 0.1) is 17.3 Å². The third kappa shape index (κ3) is 2.60. The van der Waals surface area contributed by atoms with Gasteiger partial charge in [-0.3, -0.25) is 0 Å². The highest BCUT2D eigenvalue weighted by Crippen LogP contribution is 2.22. The highest BCUT2D eigenvalue weighted by Gasteiger charge is 2.08. The minimum atomic E-state index is 0.0813. The lowest BCUT2D eigenvalue weighted by Crippen LogP contribution is -2.06. The molecule has 1 heterocycles. The van der Waals surface area contributed by atoms with Gasteiger partial charge in [0.15, 0.2) is 0 Å². The number of hydrogen-bond donors (Lipinski definition) is 2. The molecule has 0 aliphatic carbocycles. The van der Waals surface area contributed by atoms with Crippen LogP contribution in [0.1, 0.15) is 5.69 Å². The molecule has 1 aromatic heterocycles. The monoisotopic (exact) mass is 251 g/mol. The molecule has 0 aliphatic rings. The van der Waals surface area contributed by atoms with Crippen LogP contribution in [0.3, 0.4) is 0 Å². The number of hydrogen-bond acceptors (Lipinski definition) is 3. The van der Waals surface area contributed by atoms with Crippen LogP contribution in [-0.2, 0) is 0 Å². The second kappa shape index (κ2) is 5.21. The minimum absolute atomic E-state index is 0.0813. The van der Waals surface area contributed by atoms with E-state index in [-0.39, 0.29) is 6.61 Å². The minimum Gasteiger partial charge on any atom is -0.395 e. The van der Waals surface area contributed by atoms with E-state index in [4.69, 9.17) is 16.7 Å². The first kappa shape index (κ1) is 12.0. The van der Waals surface area contributed by atoms with E-state index in [0.29, 0.717) is 11.6 Å². The van der Waals surface area contributed by atoms with E-state index >= 15 is 0 Å². The number of nitrogens with zero attached hydrogens (tertiary/aromatic N) is 2. The largest absolute Gasteiger partial charge is 0.395 e. The molecule has 90 valence electrons. The molecule has 4 nitrogen and oxygen atoms in total. The molecule has 2 rings (SSSR count). The van der Waals surface area contributed by atoms with Gasteiger partial charge < -0.3 is 10.4 Å². The number of anilines is 1. The smallest absolute Gasteiger partial charge is 0.148 e. The van der Waals surface area contributed by atoms with Gasteiger partial charge in [0.1, 0.15) is 5.82 Å². The molecule has 0 amide bonds. The normalized spacial score (nSPS) is 10.5. The van der Waals surface area contributed by atoms with Crippen LogP contribution < -0.4 is 5.32 Å². The number of aliphatic hydroxyl groups excluding tert-OH is 1. The Kier molecular flexibility index (Phi) is 3.66. The highest BCUT2D eigenvalue weighted by molar-refractivity contribution is 6.32. The number of para-hydroxylation sites is 1. The predicted molar refractivity (Wildman–Crippen MR) is 68.9 cm³/mol. The Morgan fingerprint density at radius 3 is 2.88 bits per heavy atom. The van der Waals surface area contributed by atoms with Crippen molar-refractivity contribution in [3.8, 4) is 5.69 Å². The summed E-state index contributed by atoms with van der Waals surface area (Å²) in [6.07, 6.45) is 0. The summed E-state index contributed by atoms with van der Waals surface area (Å²) in [6.45, 7) is 2.53. The first-order valence-electron chi connectivity index (χ1n) is 5.38. The van der Waals surface area contributed by atoms with Gasteiger partial charge in [0, 0.05) is 18.3 Å². The van der Waals surface area contributed by atoms with E-state index in [9.17, 15) is 0 Å². The van der Waals surface area contributed by atoms with Crippen molar-refractivity contribution in [2.45, 2.75) is 6.92 Å². The quantitative estimate of drug-likeness (QED) is 0.876. The van der Waals surface area contributed by atoms with E-state index in [1.807, 2.05) is 37.3 Å². The van der Waals surface area contributed by atoms with Crippen molar-refractivity contribution in [2.75, 3.05) is 18.5 Å². The Morgan fingerprint density at radius 1 is 1.41 bits per heavy atom. The molecule has 0 spiro atoms. The second-order valence-corrected chi connectivity index (χ2v) is 4.09. The molecular formula is C12H14ClN3O. The van der Waals surface area contributed by atoms with Crippen LogP contribution in [0.15, 0.2) is 30.3 Å². The van der Waals surface area contributed by atoms with Crippen molar-refractivity contribution < 1.29 is 5.11 Å². The number of aliphatic hydroxyl groups is 1. The van der Waals surface area contributed by atoms with Gasteiger partial charge in [-0.2, -0.15) is 5.10 Å². The maximum absolute atomic E-state index is 8.75. The molecule has 2 aromatic rings. The van der Waals surface area contributed by atoms with Gasteiger partial charge in [-0.15, -0.1) is 0 Å². The average molecular weight is 252 g/mol. The van der Waals surface area contributed by atoms with Crippen molar-refractivity contribution >= 4 is 17.4 Å². The SMILES string of the molecule is Cc1cc(NCCO)nn1-c1ccccc1Cl. The lowest BCUT2D eigenvalue weighted by molar-refractivity contribution is 0.311. The van der Waals surface area contributed by atoms with E-state index in [0.717, 1.165) is 17.2 Å². The molecule has 0 atom stereocenters. The maximum atomic E-state index is 8.75. The van der Waals surface area contributed by atoms with Gasteiger partial charge in [0.25, 0.3) is 0 Å². The van der Waals surface area contributed by atoms with Gasteiger partial charge in [-0.05, 0) is 19.1 Å². The first-order chi connectivity index (χ1) is 8.22. The number of nitrogens with one attached hydrogen (secondary N) is 1. The molecule has 17 heavy (non-hydrogen) atoms. The molecule has 2 N–H and O–H groups in total. The fourth-order valence-electron chi connectivity index (χ4n) is 1.61. The number of benzene rings is 1. The van der Waals surface area contributed by atoms with Crippen LogP contribution in [0, 0.1) is 6.92 Å². The molecule has 5 heteroatoms. The third-order valence-electron chi connectivity index (χ3n) is 2.39. The number of halogens is 1. The fraction of sp³-hybridized carbons (Fsp3) is 0.250. The van der Waals surface area contributed by atoms with Crippen molar-refractivity contribution in [1.29, 1.82) is 0 Å². The Bertz CT molecular complexity index is 510. The Morgan fingerprint density at radius 2 is 2.18 bits per heavy atom. The Balaban J connectivity index is 2.33. The van der Waals surface area contributed by atoms with Crippen LogP contribution in [0.25, 0.3) is 5.69 Å². The summed E-state index contributed by atoms with van der Waals surface area (Å²) in [7, 11) is 0. The zero-order valence-electron chi connectivity index (χ0n) is 9.52. The van der Waals surface area contributed by atoms with Crippen molar-refractivity contribution in [2.24, 2.45) is 0 Å². The summed E-state index contributed by atoms with van der Waals surface area (Å²) in [5, 5.41) is 16.8. The molecule has 0 saturated heterocycles. The Labute approximate surface area is 105 Å². The zero-order valence-corrected chi connectivity index (χ0v) is 10.3. The molecule has 0 aliphatic heterocycles.